The monoisotopic (exact) mass is 210 g/mol. The quantitative estimate of drug-likeness (QED) is 0.718. The largest absolute Gasteiger partial charge is 0.275 e. The molecular formula is C12H10N4. The van der Waals surface area contributed by atoms with Crippen molar-refractivity contribution in [1.29, 1.82) is 5.26 Å². The number of nitriles is 1. The summed E-state index contributed by atoms with van der Waals surface area (Å²) in [4.78, 5) is 8.54. The van der Waals surface area contributed by atoms with Gasteiger partial charge in [-0.25, -0.2) is 9.97 Å². The summed E-state index contributed by atoms with van der Waals surface area (Å²) in [6, 6.07) is 6.11. The van der Waals surface area contributed by atoms with E-state index in [-0.39, 0.29) is 0 Å². The zero-order valence-corrected chi connectivity index (χ0v) is 8.72. The van der Waals surface area contributed by atoms with E-state index in [0.717, 1.165) is 24.4 Å². The maximum atomic E-state index is 8.90. The molecule has 0 radical (unpaired) electrons. The Hall–Kier alpha value is -2.15. The van der Waals surface area contributed by atoms with E-state index in [1.165, 1.54) is 12.0 Å². The van der Waals surface area contributed by atoms with Crippen LogP contribution in [0.2, 0.25) is 0 Å². The van der Waals surface area contributed by atoms with Gasteiger partial charge in [-0.3, -0.25) is 4.57 Å². The Labute approximate surface area is 93.2 Å². The zero-order valence-electron chi connectivity index (χ0n) is 8.72. The standard InChI is InChI=1S/C12H10N4/c13-8-12-14-6-7-16(12)11-5-4-9-2-1-3-10(9)15-11/h4-7H,1-3H2. The highest BCUT2D eigenvalue weighted by Crippen LogP contribution is 2.21. The van der Waals surface area contributed by atoms with Gasteiger partial charge < -0.3 is 0 Å². The molecule has 3 rings (SSSR count). The Kier molecular flexibility index (Phi) is 1.97. The van der Waals surface area contributed by atoms with E-state index >= 15 is 0 Å². The minimum absolute atomic E-state index is 0.380. The van der Waals surface area contributed by atoms with Crippen LogP contribution in [0.1, 0.15) is 23.5 Å². The number of nitrogens with zero attached hydrogens (tertiary/aromatic N) is 4. The molecule has 2 aromatic heterocycles. The van der Waals surface area contributed by atoms with Crippen molar-refractivity contribution in [1.82, 2.24) is 14.5 Å². The van der Waals surface area contributed by atoms with E-state index in [9.17, 15) is 0 Å². The minimum Gasteiger partial charge on any atom is -0.275 e. The number of hydrogen-bond acceptors (Lipinski definition) is 3. The summed E-state index contributed by atoms with van der Waals surface area (Å²) >= 11 is 0. The van der Waals surface area contributed by atoms with Crippen molar-refractivity contribution >= 4 is 0 Å². The molecule has 16 heavy (non-hydrogen) atoms. The van der Waals surface area contributed by atoms with E-state index < -0.39 is 0 Å². The summed E-state index contributed by atoms with van der Waals surface area (Å²) in [7, 11) is 0. The van der Waals surface area contributed by atoms with E-state index in [2.05, 4.69) is 22.1 Å². The van der Waals surface area contributed by atoms with Crippen molar-refractivity contribution in [2.45, 2.75) is 19.3 Å². The number of fused-ring (bicyclic) bond motifs is 1. The highest BCUT2D eigenvalue weighted by molar-refractivity contribution is 5.35. The topological polar surface area (TPSA) is 54.5 Å². The SMILES string of the molecule is N#Cc1nccn1-c1ccc2c(n1)CCC2. The first-order valence-electron chi connectivity index (χ1n) is 5.31. The van der Waals surface area contributed by atoms with Crippen LogP contribution in [-0.2, 0) is 12.8 Å². The lowest BCUT2D eigenvalue weighted by atomic mass is 10.2. The van der Waals surface area contributed by atoms with Crippen LogP contribution in [0.5, 0.6) is 0 Å². The fourth-order valence-electron chi connectivity index (χ4n) is 2.11. The molecule has 2 heterocycles. The number of imidazole rings is 1. The summed E-state index contributed by atoms with van der Waals surface area (Å²) < 4.78 is 1.72. The first-order valence-corrected chi connectivity index (χ1v) is 5.31. The molecule has 0 saturated heterocycles. The summed E-state index contributed by atoms with van der Waals surface area (Å²) in [6.45, 7) is 0. The minimum atomic E-state index is 0.380. The van der Waals surface area contributed by atoms with Crippen molar-refractivity contribution in [3.63, 3.8) is 0 Å². The fourth-order valence-corrected chi connectivity index (χ4v) is 2.11. The molecule has 0 fully saturated rings. The maximum absolute atomic E-state index is 8.90. The number of rotatable bonds is 1. The number of hydrogen-bond donors (Lipinski definition) is 0. The molecule has 0 amide bonds. The van der Waals surface area contributed by atoms with Crippen molar-refractivity contribution in [3.05, 3.63) is 41.6 Å². The molecule has 0 aromatic carbocycles. The molecule has 1 aliphatic rings. The maximum Gasteiger partial charge on any atom is 0.218 e. The Balaban J connectivity index is 2.11. The van der Waals surface area contributed by atoms with Gasteiger partial charge in [0.2, 0.25) is 5.82 Å². The van der Waals surface area contributed by atoms with Gasteiger partial charge in [-0.15, -0.1) is 0 Å². The van der Waals surface area contributed by atoms with Crippen molar-refractivity contribution < 1.29 is 0 Å². The van der Waals surface area contributed by atoms with Crippen LogP contribution in [0.4, 0.5) is 0 Å². The van der Waals surface area contributed by atoms with Crippen LogP contribution >= 0.6 is 0 Å². The lowest BCUT2D eigenvalue weighted by Crippen LogP contribution is -2.01. The Morgan fingerprint density at radius 2 is 2.25 bits per heavy atom. The third kappa shape index (κ3) is 1.29. The molecule has 0 saturated carbocycles. The van der Waals surface area contributed by atoms with Crippen molar-refractivity contribution in [2.24, 2.45) is 0 Å². The molecule has 1 aliphatic carbocycles. The van der Waals surface area contributed by atoms with Gasteiger partial charge in [-0.1, -0.05) is 6.07 Å². The number of aromatic nitrogens is 3. The Bertz CT molecular complexity index is 577. The van der Waals surface area contributed by atoms with Crippen molar-refractivity contribution in [3.8, 4) is 11.9 Å². The van der Waals surface area contributed by atoms with Gasteiger partial charge in [0.05, 0.1) is 0 Å². The molecule has 0 N–H and O–H groups in total. The highest BCUT2D eigenvalue weighted by Gasteiger charge is 2.14. The van der Waals surface area contributed by atoms with Gasteiger partial charge in [0.25, 0.3) is 0 Å². The van der Waals surface area contributed by atoms with Crippen LogP contribution in [0.15, 0.2) is 24.5 Å². The van der Waals surface area contributed by atoms with Crippen molar-refractivity contribution in [2.75, 3.05) is 0 Å². The molecule has 4 nitrogen and oxygen atoms in total. The predicted octanol–water partition coefficient (Wildman–Crippen LogP) is 1.63. The van der Waals surface area contributed by atoms with E-state index in [4.69, 9.17) is 5.26 Å². The van der Waals surface area contributed by atoms with Gasteiger partial charge in [-0.2, -0.15) is 5.26 Å². The molecule has 0 aliphatic heterocycles. The molecule has 2 aromatic rings. The summed E-state index contributed by atoms with van der Waals surface area (Å²) in [6.07, 6.45) is 6.73. The lowest BCUT2D eigenvalue weighted by Gasteiger charge is -2.05. The first-order chi connectivity index (χ1) is 7.88. The zero-order chi connectivity index (χ0) is 11.0. The second-order valence-electron chi connectivity index (χ2n) is 3.86. The molecule has 78 valence electrons. The van der Waals surface area contributed by atoms with Crippen LogP contribution in [-0.4, -0.2) is 14.5 Å². The molecule has 0 atom stereocenters. The second-order valence-corrected chi connectivity index (χ2v) is 3.86. The summed E-state index contributed by atoms with van der Waals surface area (Å²) in [5, 5.41) is 8.90. The molecule has 0 unspecified atom stereocenters. The van der Waals surface area contributed by atoms with Crippen LogP contribution < -0.4 is 0 Å². The van der Waals surface area contributed by atoms with E-state index in [1.807, 2.05) is 6.07 Å². The second kappa shape index (κ2) is 3.46. The predicted molar refractivity (Wildman–Crippen MR) is 58.1 cm³/mol. The van der Waals surface area contributed by atoms with Gasteiger partial charge in [0.15, 0.2) is 0 Å². The van der Waals surface area contributed by atoms with E-state index in [0.29, 0.717) is 5.82 Å². The third-order valence-electron chi connectivity index (χ3n) is 2.90. The van der Waals surface area contributed by atoms with Crippen LogP contribution in [0.3, 0.4) is 0 Å². The van der Waals surface area contributed by atoms with E-state index in [1.54, 1.807) is 17.0 Å². The Morgan fingerprint density at radius 1 is 1.31 bits per heavy atom. The average molecular weight is 210 g/mol. The first kappa shape index (κ1) is 9.10. The smallest absolute Gasteiger partial charge is 0.218 e. The van der Waals surface area contributed by atoms with Gasteiger partial charge in [0.1, 0.15) is 11.9 Å². The summed E-state index contributed by atoms with van der Waals surface area (Å²) in [5.74, 6) is 1.17. The van der Waals surface area contributed by atoms with Gasteiger partial charge in [0, 0.05) is 18.1 Å². The molecule has 0 bridgehead atoms. The highest BCUT2D eigenvalue weighted by atomic mass is 15.1. The average Bonchev–Trinajstić information content (AvgIpc) is 2.96. The molecule has 0 spiro atoms. The fraction of sp³-hybridized carbons (Fsp3) is 0.250. The van der Waals surface area contributed by atoms with Crippen LogP contribution in [0, 0.1) is 11.3 Å². The molecule has 4 heteroatoms. The summed E-state index contributed by atoms with van der Waals surface area (Å²) in [5.41, 5.74) is 2.50. The van der Waals surface area contributed by atoms with Gasteiger partial charge in [-0.05, 0) is 30.9 Å². The lowest BCUT2D eigenvalue weighted by molar-refractivity contribution is 0.888. The van der Waals surface area contributed by atoms with Gasteiger partial charge >= 0.3 is 0 Å². The Morgan fingerprint density at radius 3 is 3.12 bits per heavy atom. The number of pyridine rings is 1. The molecular weight excluding hydrogens is 200 g/mol. The third-order valence-corrected chi connectivity index (χ3v) is 2.90. The number of aryl methyl sites for hydroxylation is 2. The van der Waals surface area contributed by atoms with Crippen LogP contribution in [0.25, 0.3) is 5.82 Å². The normalized spacial score (nSPS) is 13.4.